The van der Waals surface area contributed by atoms with Crippen molar-refractivity contribution in [3.63, 3.8) is 0 Å². The van der Waals surface area contributed by atoms with E-state index in [2.05, 4.69) is 27.6 Å². The minimum absolute atomic E-state index is 0.254. The van der Waals surface area contributed by atoms with E-state index < -0.39 is 0 Å². The molecule has 0 aliphatic rings. The number of aryl methyl sites for hydroxylation is 1. The van der Waals surface area contributed by atoms with Crippen LogP contribution in [0.15, 0.2) is 21.7 Å². The van der Waals surface area contributed by atoms with Crippen molar-refractivity contribution >= 4 is 33.5 Å². The maximum absolute atomic E-state index is 11.8. The number of nitrogens with zero attached hydrogens (tertiary/aromatic N) is 1. The predicted molar refractivity (Wildman–Crippen MR) is 67.3 cm³/mol. The molecule has 1 aromatic heterocycles. The molecular weight excluding hydrogens is 307 g/mol. The summed E-state index contributed by atoms with van der Waals surface area (Å²) in [7, 11) is 1.47. The number of benzene rings is 1. The molecule has 0 amide bonds. The van der Waals surface area contributed by atoms with Gasteiger partial charge in [-0.25, -0.2) is 4.79 Å². The van der Waals surface area contributed by atoms with E-state index in [1.807, 2.05) is 13.0 Å². The van der Waals surface area contributed by atoms with Crippen LogP contribution in [0.3, 0.4) is 0 Å². The van der Waals surface area contributed by atoms with Crippen LogP contribution in [-0.2, 0) is 7.05 Å². The van der Waals surface area contributed by atoms with Crippen LogP contribution in [0.25, 0.3) is 10.9 Å². The minimum atomic E-state index is -0.380. The molecule has 0 radical (unpaired) electrons. The fourth-order valence-corrected chi connectivity index (χ4v) is 2.42. The summed E-state index contributed by atoms with van der Waals surface area (Å²) in [5, 5.41) is 0.557. The van der Waals surface area contributed by atoms with Crippen LogP contribution in [0, 0.1) is 10.5 Å². The summed E-state index contributed by atoms with van der Waals surface area (Å²) < 4.78 is 1.97. The highest BCUT2D eigenvalue weighted by Crippen LogP contribution is 2.16. The van der Waals surface area contributed by atoms with Crippen LogP contribution in [0.1, 0.15) is 5.56 Å². The van der Waals surface area contributed by atoms with E-state index in [9.17, 15) is 9.59 Å². The van der Waals surface area contributed by atoms with Gasteiger partial charge in [0, 0.05) is 10.6 Å². The molecule has 2 aromatic rings. The van der Waals surface area contributed by atoms with Crippen molar-refractivity contribution in [2.24, 2.45) is 7.05 Å². The number of hydrogen-bond acceptors (Lipinski definition) is 2. The molecule has 0 aliphatic carbocycles. The predicted octanol–water partition coefficient (Wildman–Crippen LogP) is 1.14. The normalized spacial score (nSPS) is 10.9. The van der Waals surface area contributed by atoms with Crippen LogP contribution in [0.5, 0.6) is 0 Å². The summed E-state index contributed by atoms with van der Waals surface area (Å²) in [4.78, 5) is 25.9. The van der Waals surface area contributed by atoms with Crippen LogP contribution in [-0.4, -0.2) is 9.55 Å². The number of aromatic amines is 1. The molecule has 1 N–H and O–H groups in total. The van der Waals surface area contributed by atoms with E-state index in [4.69, 9.17) is 0 Å². The van der Waals surface area contributed by atoms with Gasteiger partial charge >= 0.3 is 5.69 Å². The number of fused-ring (bicyclic) bond motifs is 1. The molecule has 0 fully saturated rings. The lowest BCUT2D eigenvalue weighted by Crippen LogP contribution is -2.32. The van der Waals surface area contributed by atoms with Crippen molar-refractivity contribution in [2.45, 2.75) is 6.92 Å². The number of nitrogens with one attached hydrogen (secondary N) is 1. The summed E-state index contributed by atoms with van der Waals surface area (Å²) in [6.07, 6.45) is 0. The zero-order valence-corrected chi connectivity index (χ0v) is 10.5. The number of rotatable bonds is 0. The maximum Gasteiger partial charge on any atom is 0.328 e. The van der Waals surface area contributed by atoms with Crippen LogP contribution >= 0.6 is 22.6 Å². The Bertz CT molecular complexity index is 655. The van der Waals surface area contributed by atoms with Crippen molar-refractivity contribution in [3.8, 4) is 0 Å². The largest absolute Gasteiger partial charge is 0.328 e. The summed E-state index contributed by atoms with van der Waals surface area (Å²) in [5.74, 6) is 0. The molecule has 0 spiro atoms. The van der Waals surface area contributed by atoms with E-state index >= 15 is 0 Å². The molecule has 0 unspecified atom stereocenters. The summed E-state index contributed by atoms with van der Waals surface area (Å²) in [6.45, 7) is 1.92. The Kier molecular flexibility index (Phi) is 2.41. The molecule has 0 aliphatic heterocycles. The first-order chi connectivity index (χ1) is 7.00. The molecule has 0 atom stereocenters. The van der Waals surface area contributed by atoms with E-state index in [0.717, 1.165) is 13.7 Å². The average molecular weight is 316 g/mol. The first-order valence-corrected chi connectivity index (χ1v) is 5.48. The SMILES string of the molecule is Cc1cc(I)c2[nH]c(=O)n(C)c(=O)c2c1. The fourth-order valence-electron chi connectivity index (χ4n) is 1.50. The van der Waals surface area contributed by atoms with Crippen LogP contribution in [0.4, 0.5) is 0 Å². The Morgan fingerprint density at radius 2 is 2.00 bits per heavy atom. The third-order valence-electron chi connectivity index (χ3n) is 2.31. The molecule has 2 rings (SSSR count). The molecule has 0 bridgehead atoms. The standard InChI is InChI=1S/C10H9IN2O2/c1-5-3-6-8(7(11)4-5)12-10(15)13(2)9(6)14/h3-4H,1-2H3,(H,12,15). The monoisotopic (exact) mass is 316 g/mol. The number of H-pyrrole nitrogens is 1. The third kappa shape index (κ3) is 1.60. The van der Waals surface area contributed by atoms with Gasteiger partial charge in [-0.1, -0.05) is 0 Å². The molecule has 1 aromatic carbocycles. The Balaban J connectivity index is 3.13. The zero-order valence-electron chi connectivity index (χ0n) is 8.30. The maximum atomic E-state index is 11.8. The molecule has 78 valence electrons. The average Bonchev–Trinajstić information content (AvgIpc) is 2.17. The quantitative estimate of drug-likeness (QED) is 0.741. The van der Waals surface area contributed by atoms with E-state index in [1.54, 1.807) is 6.07 Å². The topological polar surface area (TPSA) is 54.9 Å². The highest BCUT2D eigenvalue weighted by molar-refractivity contribution is 14.1. The van der Waals surface area contributed by atoms with E-state index in [1.165, 1.54) is 7.05 Å². The van der Waals surface area contributed by atoms with Crippen molar-refractivity contribution in [2.75, 3.05) is 0 Å². The summed E-state index contributed by atoms with van der Waals surface area (Å²) >= 11 is 2.11. The van der Waals surface area contributed by atoms with E-state index in [0.29, 0.717) is 10.9 Å². The smallest absolute Gasteiger partial charge is 0.306 e. The van der Waals surface area contributed by atoms with Gasteiger partial charge in [0.05, 0.1) is 10.9 Å². The lowest BCUT2D eigenvalue weighted by molar-refractivity contribution is 0.793. The van der Waals surface area contributed by atoms with Gasteiger partial charge in [0.1, 0.15) is 0 Å². The van der Waals surface area contributed by atoms with Gasteiger partial charge in [0.15, 0.2) is 0 Å². The van der Waals surface area contributed by atoms with Crippen LogP contribution in [0.2, 0.25) is 0 Å². The number of aromatic nitrogens is 2. The Morgan fingerprint density at radius 3 is 2.67 bits per heavy atom. The van der Waals surface area contributed by atoms with Gasteiger partial charge in [0.25, 0.3) is 5.56 Å². The van der Waals surface area contributed by atoms with Crippen LogP contribution < -0.4 is 11.2 Å². The molecule has 4 nitrogen and oxygen atoms in total. The summed E-state index contributed by atoms with van der Waals surface area (Å²) in [6, 6.07) is 3.72. The lowest BCUT2D eigenvalue weighted by atomic mass is 10.2. The first kappa shape index (κ1) is 10.4. The fraction of sp³-hybridized carbons (Fsp3) is 0.200. The zero-order chi connectivity index (χ0) is 11.2. The Morgan fingerprint density at radius 1 is 1.33 bits per heavy atom. The minimum Gasteiger partial charge on any atom is -0.306 e. The van der Waals surface area contributed by atoms with Gasteiger partial charge in [-0.05, 0) is 47.2 Å². The van der Waals surface area contributed by atoms with Crippen molar-refractivity contribution in [3.05, 3.63) is 42.1 Å². The number of hydrogen-bond donors (Lipinski definition) is 1. The van der Waals surface area contributed by atoms with Gasteiger partial charge in [-0.2, -0.15) is 0 Å². The Labute approximate surface area is 99.1 Å². The van der Waals surface area contributed by atoms with Gasteiger partial charge < -0.3 is 4.98 Å². The lowest BCUT2D eigenvalue weighted by Gasteiger charge is -2.04. The molecule has 1 heterocycles. The van der Waals surface area contributed by atoms with Gasteiger partial charge in [-0.3, -0.25) is 9.36 Å². The molecule has 15 heavy (non-hydrogen) atoms. The number of halogens is 1. The molecule has 5 heteroatoms. The van der Waals surface area contributed by atoms with Gasteiger partial charge in [-0.15, -0.1) is 0 Å². The van der Waals surface area contributed by atoms with Gasteiger partial charge in [0.2, 0.25) is 0 Å². The first-order valence-electron chi connectivity index (χ1n) is 4.40. The third-order valence-corrected chi connectivity index (χ3v) is 3.16. The van der Waals surface area contributed by atoms with Crippen molar-refractivity contribution in [1.29, 1.82) is 0 Å². The molecular formula is C10H9IN2O2. The van der Waals surface area contributed by atoms with Crippen molar-refractivity contribution < 1.29 is 0 Å². The summed E-state index contributed by atoms with van der Waals surface area (Å²) in [5.41, 5.74) is 0.995. The van der Waals surface area contributed by atoms with E-state index in [-0.39, 0.29) is 11.2 Å². The molecule has 0 saturated carbocycles. The second-order valence-electron chi connectivity index (χ2n) is 3.46. The highest BCUT2D eigenvalue weighted by atomic mass is 127. The second-order valence-corrected chi connectivity index (χ2v) is 4.63. The molecule has 0 saturated heterocycles. The Hall–Kier alpha value is -1.11. The second kappa shape index (κ2) is 3.48. The highest BCUT2D eigenvalue weighted by Gasteiger charge is 2.07. The van der Waals surface area contributed by atoms with Crippen molar-refractivity contribution in [1.82, 2.24) is 9.55 Å².